The van der Waals surface area contributed by atoms with E-state index in [1.807, 2.05) is 54.6 Å². The zero-order valence-electron chi connectivity index (χ0n) is 13.4. The van der Waals surface area contributed by atoms with Gasteiger partial charge in [0.15, 0.2) is 0 Å². The van der Waals surface area contributed by atoms with Crippen LogP contribution >= 0.6 is 0 Å². The highest BCUT2D eigenvalue weighted by molar-refractivity contribution is 5.48. The summed E-state index contributed by atoms with van der Waals surface area (Å²) in [6.07, 6.45) is 2.32. The molecule has 0 aliphatic carbocycles. The van der Waals surface area contributed by atoms with Gasteiger partial charge >= 0.3 is 0 Å². The SMILES string of the molecule is CCCCOc1cccc(NCC(C)Oc2ccccc2)c1. The number of anilines is 1. The van der Waals surface area contributed by atoms with Gasteiger partial charge in [-0.2, -0.15) is 0 Å². The monoisotopic (exact) mass is 299 g/mol. The molecular formula is C19H25NO2. The smallest absolute Gasteiger partial charge is 0.121 e. The minimum Gasteiger partial charge on any atom is -0.494 e. The maximum Gasteiger partial charge on any atom is 0.121 e. The molecule has 0 heterocycles. The van der Waals surface area contributed by atoms with E-state index in [0.29, 0.717) is 0 Å². The Morgan fingerprint density at radius 1 is 1.00 bits per heavy atom. The molecule has 0 spiro atoms. The topological polar surface area (TPSA) is 30.5 Å². The van der Waals surface area contributed by atoms with E-state index in [0.717, 1.165) is 43.2 Å². The van der Waals surface area contributed by atoms with Crippen LogP contribution in [0, 0.1) is 0 Å². The third-order valence-electron chi connectivity index (χ3n) is 3.27. The van der Waals surface area contributed by atoms with E-state index in [4.69, 9.17) is 9.47 Å². The van der Waals surface area contributed by atoms with E-state index in [-0.39, 0.29) is 6.10 Å². The van der Waals surface area contributed by atoms with Crippen LogP contribution in [0.5, 0.6) is 11.5 Å². The summed E-state index contributed by atoms with van der Waals surface area (Å²) in [6, 6.07) is 18.0. The van der Waals surface area contributed by atoms with Gasteiger partial charge in [-0.15, -0.1) is 0 Å². The summed E-state index contributed by atoms with van der Waals surface area (Å²) in [5.74, 6) is 1.81. The fourth-order valence-electron chi connectivity index (χ4n) is 2.06. The average Bonchev–Trinajstić information content (AvgIpc) is 2.55. The van der Waals surface area contributed by atoms with Crippen molar-refractivity contribution in [3.8, 4) is 11.5 Å². The van der Waals surface area contributed by atoms with Crippen molar-refractivity contribution in [2.75, 3.05) is 18.5 Å². The molecule has 0 aliphatic rings. The van der Waals surface area contributed by atoms with Gasteiger partial charge in [0.2, 0.25) is 0 Å². The zero-order valence-corrected chi connectivity index (χ0v) is 13.4. The number of unbranched alkanes of at least 4 members (excludes halogenated alkanes) is 1. The lowest BCUT2D eigenvalue weighted by Gasteiger charge is -2.16. The van der Waals surface area contributed by atoms with Crippen molar-refractivity contribution in [1.82, 2.24) is 0 Å². The van der Waals surface area contributed by atoms with E-state index < -0.39 is 0 Å². The lowest BCUT2D eigenvalue weighted by molar-refractivity contribution is 0.234. The molecule has 1 N–H and O–H groups in total. The van der Waals surface area contributed by atoms with E-state index in [9.17, 15) is 0 Å². The van der Waals surface area contributed by atoms with Crippen LogP contribution in [0.25, 0.3) is 0 Å². The van der Waals surface area contributed by atoms with Crippen LogP contribution in [0.3, 0.4) is 0 Å². The Labute approximate surface area is 133 Å². The van der Waals surface area contributed by atoms with Crippen molar-refractivity contribution in [2.24, 2.45) is 0 Å². The maximum absolute atomic E-state index is 5.85. The molecule has 118 valence electrons. The maximum atomic E-state index is 5.85. The van der Waals surface area contributed by atoms with Crippen molar-refractivity contribution >= 4 is 5.69 Å². The van der Waals surface area contributed by atoms with Gasteiger partial charge in [0, 0.05) is 11.8 Å². The minimum atomic E-state index is 0.0899. The zero-order chi connectivity index (χ0) is 15.6. The molecule has 0 saturated heterocycles. The summed E-state index contributed by atoms with van der Waals surface area (Å²) in [5.41, 5.74) is 1.05. The van der Waals surface area contributed by atoms with Crippen molar-refractivity contribution in [3.05, 3.63) is 54.6 Å². The molecule has 2 aromatic rings. The van der Waals surface area contributed by atoms with E-state index in [1.54, 1.807) is 0 Å². The van der Waals surface area contributed by atoms with Gasteiger partial charge in [-0.05, 0) is 37.6 Å². The Kier molecular flexibility index (Phi) is 6.62. The van der Waals surface area contributed by atoms with Crippen LogP contribution in [-0.4, -0.2) is 19.3 Å². The van der Waals surface area contributed by atoms with Gasteiger partial charge in [0.1, 0.15) is 17.6 Å². The first-order valence-electron chi connectivity index (χ1n) is 7.96. The van der Waals surface area contributed by atoms with Crippen molar-refractivity contribution in [2.45, 2.75) is 32.8 Å². The second-order valence-corrected chi connectivity index (χ2v) is 5.35. The molecule has 0 radical (unpaired) electrons. The normalized spacial score (nSPS) is 11.7. The third kappa shape index (κ3) is 5.68. The van der Waals surface area contributed by atoms with Crippen molar-refractivity contribution in [3.63, 3.8) is 0 Å². The van der Waals surface area contributed by atoms with Gasteiger partial charge in [0.25, 0.3) is 0 Å². The van der Waals surface area contributed by atoms with E-state index in [1.165, 1.54) is 0 Å². The van der Waals surface area contributed by atoms with Crippen LogP contribution in [0.15, 0.2) is 54.6 Å². The Hall–Kier alpha value is -2.16. The van der Waals surface area contributed by atoms with Gasteiger partial charge in [-0.25, -0.2) is 0 Å². The van der Waals surface area contributed by atoms with Gasteiger partial charge in [-0.1, -0.05) is 37.6 Å². The Balaban J connectivity index is 1.79. The highest BCUT2D eigenvalue weighted by Gasteiger charge is 2.04. The average molecular weight is 299 g/mol. The first-order valence-corrected chi connectivity index (χ1v) is 7.96. The largest absolute Gasteiger partial charge is 0.494 e. The number of nitrogens with one attached hydrogen (secondary N) is 1. The Morgan fingerprint density at radius 2 is 1.77 bits per heavy atom. The second-order valence-electron chi connectivity index (χ2n) is 5.35. The number of ether oxygens (including phenoxy) is 2. The van der Waals surface area contributed by atoms with Gasteiger partial charge < -0.3 is 14.8 Å². The van der Waals surface area contributed by atoms with E-state index in [2.05, 4.69) is 19.2 Å². The number of hydrogen-bond donors (Lipinski definition) is 1. The molecule has 3 nitrogen and oxygen atoms in total. The molecule has 0 fully saturated rings. The first kappa shape index (κ1) is 16.2. The fourth-order valence-corrected chi connectivity index (χ4v) is 2.06. The molecule has 0 saturated carbocycles. The molecule has 2 rings (SSSR count). The summed E-state index contributed by atoms with van der Waals surface area (Å²) in [7, 11) is 0. The van der Waals surface area contributed by atoms with Gasteiger partial charge in [0.05, 0.1) is 13.2 Å². The molecule has 2 aromatic carbocycles. The molecule has 0 amide bonds. The lowest BCUT2D eigenvalue weighted by atomic mass is 10.3. The summed E-state index contributed by atoms with van der Waals surface area (Å²) in [4.78, 5) is 0. The molecule has 3 heteroatoms. The van der Waals surface area contributed by atoms with Crippen molar-refractivity contribution < 1.29 is 9.47 Å². The molecule has 0 bridgehead atoms. The van der Waals surface area contributed by atoms with Crippen LogP contribution in [0.1, 0.15) is 26.7 Å². The van der Waals surface area contributed by atoms with Crippen molar-refractivity contribution in [1.29, 1.82) is 0 Å². The lowest BCUT2D eigenvalue weighted by Crippen LogP contribution is -2.22. The van der Waals surface area contributed by atoms with E-state index >= 15 is 0 Å². The summed E-state index contributed by atoms with van der Waals surface area (Å²) < 4.78 is 11.6. The molecular weight excluding hydrogens is 274 g/mol. The number of rotatable bonds is 9. The molecule has 22 heavy (non-hydrogen) atoms. The predicted molar refractivity (Wildman–Crippen MR) is 91.9 cm³/mol. The number of para-hydroxylation sites is 1. The second kappa shape index (κ2) is 8.98. The highest BCUT2D eigenvalue weighted by atomic mass is 16.5. The van der Waals surface area contributed by atoms with Crippen LogP contribution in [0.2, 0.25) is 0 Å². The number of benzene rings is 2. The number of hydrogen-bond acceptors (Lipinski definition) is 3. The fraction of sp³-hybridized carbons (Fsp3) is 0.368. The molecule has 1 unspecified atom stereocenters. The molecule has 0 aliphatic heterocycles. The van der Waals surface area contributed by atoms with Crippen LogP contribution < -0.4 is 14.8 Å². The highest BCUT2D eigenvalue weighted by Crippen LogP contribution is 2.18. The van der Waals surface area contributed by atoms with Crippen LogP contribution in [0.4, 0.5) is 5.69 Å². The van der Waals surface area contributed by atoms with Crippen LogP contribution in [-0.2, 0) is 0 Å². The Bertz CT molecular complexity index is 542. The molecule has 0 aromatic heterocycles. The molecule has 1 atom stereocenters. The summed E-state index contributed by atoms with van der Waals surface area (Å²) >= 11 is 0. The Morgan fingerprint density at radius 3 is 2.55 bits per heavy atom. The third-order valence-corrected chi connectivity index (χ3v) is 3.27. The van der Waals surface area contributed by atoms with Gasteiger partial charge in [-0.3, -0.25) is 0 Å². The quantitative estimate of drug-likeness (QED) is 0.678. The standard InChI is InChI=1S/C19H25NO2/c1-3-4-13-21-19-12-8-9-17(14-19)20-15-16(2)22-18-10-6-5-7-11-18/h5-12,14,16,20H,3-4,13,15H2,1-2H3. The summed E-state index contributed by atoms with van der Waals surface area (Å²) in [5, 5.41) is 3.39. The summed E-state index contributed by atoms with van der Waals surface area (Å²) in [6.45, 7) is 5.73. The predicted octanol–water partition coefficient (Wildman–Crippen LogP) is 4.74. The first-order chi connectivity index (χ1) is 10.8. The minimum absolute atomic E-state index is 0.0899.